The van der Waals surface area contributed by atoms with Gasteiger partial charge in [-0.2, -0.15) is 0 Å². The predicted octanol–water partition coefficient (Wildman–Crippen LogP) is 4.83. The summed E-state index contributed by atoms with van der Waals surface area (Å²) < 4.78 is 6.38. The summed E-state index contributed by atoms with van der Waals surface area (Å²) >= 11 is 3.01. The fourth-order valence-corrected chi connectivity index (χ4v) is 10.5. The first-order valence-electron chi connectivity index (χ1n) is 9.28. The van der Waals surface area contributed by atoms with Crippen LogP contribution >= 0.6 is 22.8 Å². The van der Waals surface area contributed by atoms with E-state index in [4.69, 9.17) is 4.52 Å². The van der Waals surface area contributed by atoms with Gasteiger partial charge in [0, 0.05) is 0 Å². The molecule has 0 aliphatic rings. The zero-order valence-corrected chi connectivity index (χ0v) is 18.3. The summed E-state index contributed by atoms with van der Waals surface area (Å²) in [6.07, 6.45) is 0.754. The number of hydrogen-bond acceptors (Lipinski definition) is 3. The monoisotopic (exact) mass is 472 g/mol. The third kappa shape index (κ3) is 3.98. The molecule has 0 radical (unpaired) electrons. The number of benzene rings is 3. The molecule has 0 amide bonds. The number of halogens is 1. The Kier molecular flexibility index (Phi) is 6.51. The molecule has 0 fully saturated rings. The number of hydrogen-bond donors (Lipinski definition) is 1. The third-order valence-corrected chi connectivity index (χ3v) is 11.5. The van der Waals surface area contributed by atoms with E-state index in [2.05, 4.69) is 15.9 Å². The van der Waals surface area contributed by atoms with Gasteiger partial charge in [-0.05, 0) is 0 Å². The van der Waals surface area contributed by atoms with Gasteiger partial charge in [0.1, 0.15) is 0 Å². The van der Waals surface area contributed by atoms with E-state index in [0.29, 0.717) is 12.6 Å². The molecule has 6 heteroatoms. The molecule has 0 aromatic heterocycles. The van der Waals surface area contributed by atoms with Crippen molar-refractivity contribution in [2.45, 2.75) is 12.8 Å². The van der Waals surface area contributed by atoms with Crippen molar-refractivity contribution in [3.05, 3.63) is 91.0 Å². The van der Waals surface area contributed by atoms with E-state index in [0.717, 1.165) is 15.9 Å². The molecule has 150 valence electrons. The summed E-state index contributed by atoms with van der Waals surface area (Å²) in [5.41, 5.74) is 0. The first-order chi connectivity index (χ1) is 14.0. The SMILES string of the molecule is O=C(O)CCCP(OC(=O)Br)(c1ccccc1)(c1ccccc1)c1ccccc1. The Bertz CT molecular complexity index is 878. The van der Waals surface area contributed by atoms with E-state index in [1.807, 2.05) is 91.0 Å². The maximum atomic E-state index is 12.5. The van der Waals surface area contributed by atoms with Gasteiger partial charge in [0.05, 0.1) is 0 Å². The first kappa shape index (κ1) is 21.2. The van der Waals surface area contributed by atoms with Crippen molar-refractivity contribution in [3.63, 3.8) is 0 Å². The van der Waals surface area contributed by atoms with Crippen molar-refractivity contribution in [3.8, 4) is 0 Å². The molecule has 0 bridgehead atoms. The molecule has 0 saturated heterocycles. The van der Waals surface area contributed by atoms with Gasteiger partial charge in [0.2, 0.25) is 0 Å². The minimum absolute atomic E-state index is 0.00969. The van der Waals surface area contributed by atoms with Crippen LogP contribution in [0.1, 0.15) is 12.8 Å². The Hall–Kier alpha value is -2.49. The van der Waals surface area contributed by atoms with Gasteiger partial charge in [0.15, 0.2) is 0 Å². The quantitative estimate of drug-likeness (QED) is 0.376. The second kappa shape index (κ2) is 8.89. The Morgan fingerprint density at radius 2 is 1.14 bits per heavy atom. The zero-order valence-electron chi connectivity index (χ0n) is 15.8. The van der Waals surface area contributed by atoms with E-state index < -0.39 is 17.7 Å². The van der Waals surface area contributed by atoms with Crippen LogP contribution in [0, 0.1) is 0 Å². The van der Waals surface area contributed by atoms with Crippen molar-refractivity contribution in [2.75, 3.05) is 6.16 Å². The van der Waals surface area contributed by atoms with Crippen LogP contribution in [0.4, 0.5) is 4.79 Å². The topological polar surface area (TPSA) is 63.6 Å². The van der Waals surface area contributed by atoms with Crippen LogP contribution < -0.4 is 15.9 Å². The molecule has 3 aromatic carbocycles. The van der Waals surface area contributed by atoms with Gasteiger partial charge < -0.3 is 0 Å². The van der Waals surface area contributed by atoms with Gasteiger partial charge in [-0.1, -0.05) is 0 Å². The van der Waals surface area contributed by atoms with Crippen molar-refractivity contribution >= 4 is 49.5 Å². The minimum atomic E-state index is -3.78. The number of aliphatic carboxylic acids is 1. The molecule has 3 aromatic rings. The van der Waals surface area contributed by atoms with Crippen LogP contribution in [0.3, 0.4) is 0 Å². The number of carbonyl (C=O) groups is 2. The number of carboxylic acid groups (broad SMARTS) is 1. The summed E-state index contributed by atoms with van der Waals surface area (Å²) in [5.74, 6) is -0.874. The summed E-state index contributed by atoms with van der Waals surface area (Å²) in [6, 6.07) is 29.1. The zero-order chi connectivity index (χ0) is 20.8. The van der Waals surface area contributed by atoms with Gasteiger partial charge in [-0.15, -0.1) is 0 Å². The van der Waals surface area contributed by atoms with Gasteiger partial charge in [-0.25, -0.2) is 0 Å². The fourth-order valence-electron chi connectivity index (χ4n) is 3.96. The molecule has 4 nitrogen and oxygen atoms in total. The normalized spacial score (nSPS) is 12.5. The van der Waals surface area contributed by atoms with Gasteiger partial charge >= 0.3 is 179 Å². The molecule has 0 aliphatic heterocycles. The van der Waals surface area contributed by atoms with Crippen LogP contribution in [0.25, 0.3) is 0 Å². The number of carbonyl (C=O) groups excluding carboxylic acids is 1. The molecule has 29 heavy (non-hydrogen) atoms. The molecule has 0 unspecified atom stereocenters. The summed E-state index contributed by atoms with van der Waals surface area (Å²) in [5, 5.41) is 11.9. The van der Waals surface area contributed by atoms with Crippen molar-refractivity contribution in [2.24, 2.45) is 0 Å². The molecular formula is C23H22BrO4P. The number of rotatable bonds is 8. The second-order valence-corrected chi connectivity index (χ2v) is 12.0. The van der Waals surface area contributed by atoms with E-state index >= 15 is 0 Å². The van der Waals surface area contributed by atoms with Crippen LogP contribution in [0.2, 0.25) is 0 Å². The predicted molar refractivity (Wildman–Crippen MR) is 122 cm³/mol. The van der Waals surface area contributed by atoms with Crippen molar-refractivity contribution in [1.29, 1.82) is 0 Å². The third-order valence-electron chi connectivity index (χ3n) is 5.16. The molecule has 0 saturated carbocycles. The molecule has 0 aliphatic carbocycles. The Morgan fingerprint density at radius 1 is 0.759 bits per heavy atom. The van der Waals surface area contributed by atoms with E-state index in [1.165, 1.54) is 0 Å². The molecule has 3 rings (SSSR count). The van der Waals surface area contributed by atoms with E-state index in [-0.39, 0.29) is 6.42 Å². The van der Waals surface area contributed by atoms with Gasteiger partial charge in [-0.3, -0.25) is 0 Å². The van der Waals surface area contributed by atoms with Crippen LogP contribution in [0.5, 0.6) is 0 Å². The second-order valence-electron chi connectivity index (χ2n) is 6.77. The van der Waals surface area contributed by atoms with E-state index in [9.17, 15) is 14.7 Å². The number of carboxylic acids is 1. The summed E-state index contributed by atoms with van der Waals surface area (Å²) in [7, 11) is 0. The molecular weight excluding hydrogens is 451 g/mol. The molecule has 1 N–H and O–H groups in total. The van der Waals surface area contributed by atoms with Crippen LogP contribution in [-0.2, 0) is 9.32 Å². The fraction of sp³-hybridized carbons (Fsp3) is 0.130. The van der Waals surface area contributed by atoms with Crippen LogP contribution in [0.15, 0.2) is 91.0 Å². The average Bonchev–Trinajstić information content (AvgIpc) is 2.74. The first-order valence-corrected chi connectivity index (χ1v) is 12.4. The van der Waals surface area contributed by atoms with Crippen molar-refractivity contribution in [1.82, 2.24) is 0 Å². The standard InChI is InChI=1S/C23H22BrO4P/c24-23(27)28-29(18-10-17-22(25)26,19-11-4-1-5-12-19,20-13-6-2-7-14-20)21-15-8-3-9-16-21/h1-9,11-16H,10,17-18H2,(H,25,26). The Balaban J connectivity index is 2.43. The molecule has 0 heterocycles. The molecule has 0 spiro atoms. The van der Waals surface area contributed by atoms with Gasteiger partial charge in [0.25, 0.3) is 0 Å². The van der Waals surface area contributed by atoms with Crippen molar-refractivity contribution < 1.29 is 19.2 Å². The Morgan fingerprint density at radius 3 is 1.45 bits per heavy atom. The van der Waals surface area contributed by atoms with Crippen LogP contribution in [-0.4, -0.2) is 22.1 Å². The van der Waals surface area contributed by atoms with E-state index in [1.54, 1.807) is 0 Å². The summed E-state index contributed by atoms with van der Waals surface area (Å²) in [4.78, 5) is 23.2. The average molecular weight is 473 g/mol. The maximum absolute atomic E-state index is 12.5. The Labute approximate surface area is 178 Å². The molecule has 0 atom stereocenters. The summed E-state index contributed by atoms with van der Waals surface area (Å²) in [6.45, 7) is -3.78.